The molecule has 0 aliphatic carbocycles. The van der Waals surface area contributed by atoms with Crippen LogP contribution in [-0.4, -0.2) is 31.1 Å². The van der Waals surface area contributed by atoms with E-state index < -0.39 is 29.0 Å². The molecule has 0 fully saturated rings. The third-order valence-electron chi connectivity index (χ3n) is 6.14. The van der Waals surface area contributed by atoms with Crippen LogP contribution in [0.4, 0.5) is 0 Å². The molecular formula is C30H47ClHgNNaO2S. The van der Waals surface area contributed by atoms with Crippen LogP contribution in [0.3, 0.4) is 0 Å². The predicted octanol–water partition coefficient (Wildman–Crippen LogP) is 1.77. The summed E-state index contributed by atoms with van der Waals surface area (Å²) in [7, 11) is 6.50. The van der Waals surface area contributed by atoms with Gasteiger partial charge in [-0.2, -0.15) is 0 Å². The van der Waals surface area contributed by atoms with Gasteiger partial charge in [-0.05, 0) is 12.8 Å². The van der Waals surface area contributed by atoms with E-state index in [4.69, 9.17) is 0 Å². The molecule has 2 aromatic rings. The van der Waals surface area contributed by atoms with Gasteiger partial charge in [-0.1, -0.05) is 88.6 Å². The summed E-state index contributed by atoms with van der Waals surface area (Å²) in [6.45, 7) is 6.90. The Morgan fingerprint density at radius 3 is 1.86 bits per heavy atom. The number of quaternary nitrogens is 1. The zero-order chi connectivity index (χ0) is 25.8. The van der Waals surface area contributed by atoms with Gasteiger partial charge in [-0.25, -0.2) is 0 Å². The number of aromatic carboxylic acids is 1. The van der Waals surface area contributed by atoms with E-state index in [9.17, 15) is 9.90 Å². The second kappa shape index (κ2) is 25.4. The minimum Gasteiger partial charge on any atom is -1.00 e. The normalized spacial score (nSPS) is 10.3. The van der Waals surface area contributed by atoms with Crippen molar-refractivity contribution >= 4 is 14.2 Å². The number of hydrogen-bond acceptors (Lipinski definition) is 3. The molecule has 37 heavy (non-hydrogen) atoms. The molecule has 0 aliphatic rings. The van der Waals surface area contributed by atoms with E-state index in [-0.39, 0.29) is 42.0 Å². The van der Waals surface area contributed by atoms with Crippen molar-refractivity contribution in [1.82, 2.24) is 0 Å². The van der Waals surface area contributed by atoms with E-state index in [0.29, 0.717) is 5.56 Å². The van der Waals surface area contributed by atoms with Gasteiger partial charge < -0.3 is 16.9 Å². The van der Waals surface area contributed by atoms with Gasteiger partial charge in [-0.15, -0.1) is 0 Å². The summed E-state index contributed by atoms with van der Waals surface area (Å²) >= 11 is -0.888. The molecule has 200 valence electrons. The maximum absolute atomic E-state index is 10.7. The summed E-state index contributed by atoms with van der Waals surface area (Å²) in [6, 6.07) is 18.0. The Kier molecular flexibility index (Phi) is 27.2. The number of rotatable bonds is 17. The molecule has 0 aromatic heterocycles. The smallest absolute Gasteiger partial charge is 1.00 e. The van der Waals surface area contributed by atoms with E-state index in [1.807, 2.05) is 12.1 Å². The van der Waals surface area contributed by atoms with Crippen molar-refractivity contribution < 1.29 is 79.4 Å². The number of nitrogens with zero attached hydrogens (tertiary/aromatic N) is 1. The minimum atomic E-state index is -1.06. The summed E-state index contributed by atoms with van der Waals surface area (Å²) in [5.41, 5.74) is 1.81. The molecule has 0 amide bonds. The molecule has 2 rings (SSSR count). The van der Waals surface area contributed by atoms with Crippen molar-refractivity contribution in [2.45, 2.75) is 93.4 Å². The van der Waals surface area contributed by atoms with Gasteiger partial charge in [0.25, 0.3) is 0 Å². The van der Waals surface area contributed by atoms with Crippen LogP contribution in [-0.2, 0) is 29.6 Å². The summed E-state index contributed by atoms with van der Waals surface area (Å²) < 4.78 is 2.37. The molecule has 0 radical (unpaired) electrons. The second-order valence-corrected chi connectivity index (χ2v) is 23.3. The van der Waals surface area contributed by atoms with Crippen LogP contribution in [0.5, 0.6) is 0 Å². The molecule has 0 unspecified atom stereocenters. The van der Waals surface area contributed by atoms with E-state index in [1.165, 1.54) is 80.2 Å². The molecule has 0 heterocycles. The number of carboxylic acid groups (broad SMARTS) is 1. The quantitative estimate of drug-likeness (QED) is 0.141. The average molecular weight is 745 g/mol. The number of unbranched alkanes of at least 4 members (excludes halogenated alkanes) is 9. The van der Waals surface area contributed by atoms with Gasteiger partial charge >= 0.3 is 122 Å². The Hall–Kier alpha value is 0.445. The third-order valence-corrected chi connectivity index (χ3v) is 18.2. The minimum absolute atomic E-state index is 0. The molecule has 0 spiro atoms. The van der Waals surface area contributed by atoms with Crippen molar-refractivity contribution in [3.8, 4) is 0 Å². The zero-order valence-corrected chi connectivity index (χ0v) is 33.2. The molecule has 0 aliphatic heterocycles. The average Bonchev–Trinajstić information content (AvgIpc) is 2.84. The van der Waals surface area contributed by atoms with Crippen LogP contribution in [0.1, 0.15) is 94.0 Å². The first kappa shape index (κ1) is 39.6. The molecule has 0 bridgehead atoms. The topological polar surface area (TPSA) is 40.1 Å². The summed E-state index contributed by atoms with van der Waals surface area (Å²) in [5, 5.41) is 10.7. The van der Waals surface area contributed by atoms with Gasteiger partial charge in [0.05, 0.1) is 20.6 Å². The Balaban J connectivity index is 0. The van der Waals surface area contributed by atoms with Crippen LogP contribution < -0.4 is 47.1 Å². The van der Waals surface area contributed by atoms with Gasteiger partial charge in [-0.3, -0.25) is 0 Å². The Labute approximate surface area is 270 Å². The van der Waals surface area contributed by atoms with E-state index >= 15 is 0 Å². The number of benzene rings is 2. The van der Waals surface area contributed by atoms with Crippen LogP contribution in [0.25, 0.3) is 0 Å². The molecule has 7 heteroatoms. The van der Waals surface area contributed by atoms with Gasteiger partial charge in [0, 0.05) is 5.56 Å². The molecule has 0 atom stereocenters. The molecular weight excluding hydrogens is 697 g/mol. The van der Waals surface area contributed by atoms with Gasteiger partial charge in [0.1, 0.15) is 6.54 Å². The molecule has 3 nitrogen and oxygen atoms in total. The fourth-order valence-corrected chi connectivity index (χ4v) is 12.9. The summed E-state index contributed by atoms with van der Waals surface area (Å²) in [6.07, 6.45) is 14.2. The first-order valence-corrected chi connectivity index (χ1v) is 25.3. The molecule has 0 N–H and O–H groups in total. The fourth-order valence-electron chi connectivity index (χ4n) is 4.16. The van der Waals surface area contributed by atoms with Crippen LogP contribution in [0, 0.1) is 0 Å². The van der Waals surface area contributed by atoms with Crippen molar-refractivity contribution in [2.75, 3.05) is 20.6 Å². The fraction of sp³-hybridized carbons (Fsp3) is 0.567. The number of hydrogen-bond donors (Lipinski definition) is 0. The number of carbonyl (C=O) groups is 1. The molecule has 0 saturated heterocycles. The second-order valence-electron chi connectivity index (χ2n) is 10.1. The number of carbonyl (C=O) groups excluding carboxylic acids is 1. The maximum Gasteiger partial charge on any atom is 1.00 e. The Morgan fingerprint density at radius 2 is 1.32 bits per heavy atom. The van der Waals surface area contributed by atoms with Crippen molar-refractivity contribution in [3.63, 3.8) is 0 Å². The van der Waals surface area contributed by atoms with Crippen LogP contribution in [0.2, 0.25) is 3.93 Å². The molecule has 0 saturated carbocycles. The SMILES string of the molecule is CCCCCCCCCCCC[N+](C)(C)Cc1ccccc1.C[CH2][Hg][S]c1ccccc1C(=O)[O-].[Cl-].[Na+]. The standard InChI is InChI=1S/C21H38N.C7H6O2S.C2H5.ClH.Hg.Na/c1-4-5-6-7-8-9-10-11-12-16-19-22(2,3)20-21-17-14-13-15-18-21;8-7(9)5-3-1-2-4-6(5)10;1-2;;;/h13-15,17-18H,4-12,16,19-20H2,1-3H3;1-4,10H,(H,8,9);1H2,2H3;1H;;/q+1;;;;2*+1/p-3. The van der Waals surface area contributed by atoms with Crippen molar-refractivity contribution in [2.24, 2.45) is 0 Å². The van der Waals surface area contributed by atoms with E-state index in [0.717, 1.165) is 15.9 Å². The third kappa shape index (κ3) is 20.9. The number of halogens is 1. The largest absolute Gasteiger partial charge is 1.00 e. The van der Waals surface area contributed by atoms with Crippen LogP contribution in [0.15, 0.2) is 59.5 Å². The maximum atomic E-state index is 10.7. The summed E-state index contributed by atoms with van der Waals surface area (Å²) in [5.74, 6) is -1.06. The Morgan fingerprint density at radius 1 is 0.811 bits per heavy atom. The van der Waals surface area contributed by atoms with Gasteiger partial charge in [0.2, 0.25) is 0 Å². The Bertz CT molecular complexity index is 811. The number of carboxylic acids is 1. The van der Waals surface area contributed by atoms with Crippen LogP contribution >= 0.6 is 8.24 Å². The summed E-state index contributed by atoms with van der Waals surface area (Å²) in [4.78, 5) is 11.6. The first-order chi connectivity index (χ1) is 16.9. The van der Waals surface area contributed by atoms with Gasteiger partial charge in [0.15, 0.2) is 0 Å². The van der Waals surface area contributed by atoms with Crippen molar-refractivity contribution in [3.05, 3.63) is 65.7 Å². The first-order valence-electron chi connectivity index (χ1n) is 13.7. The van der Waals surface area contributed by atoms with E-state index in [2.05, 4.69) is 58.3 Å². The van der Waals surface area contributed by atoms with Crippen molar-refractivity contribution in [1.29, 1.82) is 0 Å². The monoisotopic (exact) mass is 745 g/mol. The molecule has 2 aromatic carbocycles. The van der Waals surface area contributed by atoms with E-state index in [1.54, 1.807) is 20.4 Å². The predicted molar refractivity (Wildman–Crippen MR) is 146 cm³/mol. The zero-order valence-electron chi connectivity index (χ0n) is 24.1.